The van der Waals surface area contributed by atoms with Gasteiger partial charge in [-0.05, 0) is 30.5 Å². The summed E-state index contributed by atoms with van der Waals surface area (Å²) in [6, 6.07) is 18.2. The van der Waals surface area contributed by atoms with E-state index in [9.17, 15) is 0 Å². The van der Waals surface area contributed by atoms with Gasteiger partial charge in [-0.2, -0.15) is 0 Å². The Bertz CT molecular complexity index is 914. The van der Waals surface area contributed by atoms with E-state index in [1.807, 2.05) is 30.3 Å². The van der Waals surface area contributed by atoms with Crippen molar-refractivity contribution in [1.82, 2.24) is 10.3 Å². The highest BCUT2D eigenvalue weighted by Crippen LogP contribution is 2.31. The summed E-state index contributed by atoms with van der Waals surface area (Å²) in [6.45, 7) is 2.86. The molecule has 4 rings (SSSR count). The molecule has 0 fully saturated rings. The molecule has 1 N–H and O–H groups in total. The van der Waals surface area contributed by atoms with Crippen molar-refractivity contribution in [2.24, 2.45) is 9.98 Å². The average Bonchev–Trinajstić information content (AvgIpc) is 3.13. The van der Waals surface area contributed by atoms with E-state index in [4.69, 9.17) is 9.98 Å². The van der Waals surface area contributed by atoms with Gasteiger partial charge in [0.05, 0.1) is 5.71 Å². The first-order valence-corrected chi connectivity index (χ1v) is 9.19. The molecule has 0 amide bonds. The zero-order valence-electron chi connectivity index (χ0n) is 13.9. The third kappa shape index (κ3) is 3.10. The number of likely N-dealkylation sites (N-methyl/N-ethyl adjacent to an activating group) is 1. The number of rotatable bonds is 3. The zero-order valence-corrected chi connectivity index (χ0v) is 14.7. The van der Waals surface area contributed by atoms with Gasteiger partial charge in [0.1, 0.15) is 11.9 Å². The van der Waals surface area contributed by atoms with Crippen molar-refractivity contribution in [3.05, 3.63) is 82.2 Å². The summed E-state index contributed by atoms with van der Waals surface area (Å²) in [5, 5.41) is 5.46. The third-order valence-electron chi connectivity index (χ3n) is 4.00. The predicted molar refractivity (Wildman–Crippen MR) is 104 cm³/mol. The molecule has 0 aliphatic carbocycles. The van der Waals surface area contributed by atoms with E-state index >= 15 is 0 Å². The Balaban J connectivity index is 1.95. The van der Waals surface area contributed by atoms with Gasteiger partial charge in [0, 0.05) is 28.7 Å². The molecular formula is C20H18N4S. The molecule has 0 saturated carbocycles. The van der Waals surface area contributed by atoms with Gasteiger partial charge >= 0.3 is 0 Å². The summed E-state index contributed by atoms with van der Waals surface area (Å²) in [4.78, 5) is 15.6. The highest BCUT2D eigenvalue weighted by molar-refractivity contribution is 7.10. The van der Waals surface area contributed by atoms with Crippen LogP contribution >= 0.6 is 11.3 Å². The fourth-order valence-corrected chi connectivity index (χ4v) is 3.66. The van der Waals surface area contributed by atoms with Crippen molar-refractivity contribution in [3.8, 4) is 0 Å². The quantitative estimate of drug-likeness (QED) is 0.765. The van der Waals surface area contributed by atoms with Crippen LogP contribution in [0.2, 0.25) is 0 Å². The van der Waals surface area contributed by atoms with Crippen LogP contribution in [0.5, 0.6) is 0 Å². The van der Waals surface area contributed by atoms with Crippen molar-refractivity contribution in [1.29, 1.82) is 0 Å². The van der Waals surface area contributed by atoms with Crippen LogP contribution in [0.3, 0.4) is 0 Å². The van der Waals surface area contributed by atoms with Gasteiger partial charge in [0.2, 0.25) is 0 Å². The number of hydrogen-bond acceptors (Lipinski definition) is 5. The van der Waals surface area contributed by atoms with Gasteiger partial charge in [0.25, 0.3) is 0 Å². The van der Waals surface area contributed by atoms with E-state index in [2.05, 4.69) is 46.9 Å². The largest absolute Gasteiger partial charge is 0.372 e. The van der Waals surface area contributed by atoms with E-state index in [1.165, 1.54) is 4.88 Å². The average molecular weight is 346 g/mol. The first-order chi connectivity index (χ1) is 12.4. The summed E-state index contributed by atoms with van der Waals surface area (Å²) in [7, 11) is 0. The van der Waals surface area contributed by atoms with Crippen LogP contribution in [0.15, 0.2) is 76.2 Å². The highest BCUT2D eigenvalue weighted by Gasteiger charge is 2.25. The summed E-state index contributed by atoms with van der Waals surface area (Å²) in [6.07, 6.45) is 1.78. The van der Waals surface area contributed by atoms with Crippen molar-refractivity contribution in [3.63, 3.8) is 0 Å². The number of aromatic nitrogens is 1. The number of nitrogens with one attached hydrogen (secondary N) is 1. The minimum absolute atomic E-state index is 0.149. The molecule has 2 aromatic heterocycles. The molecule has 0 bridgehead atoms. The van der Waals surface area contributed by atoms with Crippen molar-refractivity contribution in [2.45, 2.75) is 13.0 Å². The molecule has 124 valence electrons. The lowest BCUT2D eigenvalue weighted by atomic mass is 10.0. The summed E-state index contributed by atoms with van der Waals surface area (Å²) in [5.74, 6) is 1.55. The molecule has 0 spiro atoms. The Kier molecular flexibility index (Phi) is 4.39. The van der Waals surface area contributed by atoms with E-state index in [0.29, 0.717) is 5.82 Å². The predicted octanol–water partition coefficient (Wildman–Crippen LogP) is 4.37. The zero-order chi connectivity index (χ0) is 17.1. The molecule has 3 heterocycles. The highest BCUT2D eigenvalue weighted by atomic mass is 32.1. The normalized spacial score (nSPS) is 16.4. The fourth-order valence-electron chi connectivity index (χ4n) is 2.89. The number of amidine groups is 1. The monoisotopic (exact) mass is 346 g/mol. The number of pyridine rings is 1. The second-order valence-corrected chi connectivity index (χ2v) is 6.64. The third-order valence-corrected chi connectivity index (χ3v) is 4.93. The second kappa shape index (κ2) is 6.99. The number of benzene rings is 1. The van der Waals surface area contributed by atoms with Gasteiger partial charge in [0.15, 0.2) is 5.82 Å². The molecule has 1 aromatic carbocycles. The van der Waals surface area contributed by atoms with Crippen LogP contribution in [-0.2, 0) is 0 Å². The van der Waals surface area contributed by atoms with Crippen LogP contribution < -0.4 is 5.32 Å². The standard InChI is InChI=1S/C20H18N4S/c1-2-21-20-18(16-11-7-13-25-16)23-17(14-8-4-3-5-9-14)15-10-6-12-22-19(15)24-20/h3-13,18H,2H2,1H3,(H,21,22,24). The number of thiophene rings is 1. The van der Waals surface area contributed by atoms with Crippen LogP contribution in [0.1, 0.15) is 29.0 Å². The second-order valence-electron chi connectivity index (χ2n) is 5.66. The van der Waals surface area contributed by atoms with E-state index in [1.54, 1.807) is 17.5 Å². The maximum Gasteiger partial charge on any atom is 0.163 e. The maximum atomic E-state index is 5.12. The Morgan fingerprint density at radius 3 is 2.68 bits per heavy atom. The smallest absolute Gasteiger partial charge is 0.163 e. The molecule has 1 aliphatic rings. The minimum atomic E-state index is -0.149. The Labute approximate surface area is 151 Å². The van der Waals surface area contributed by atoms with Crippen molar-refractivity contribution in [2.75, 3.05) is 6.54 Å². The molecule has 1 unspecified atom stereocenters. The summed E-state index contributed by atoms with van der Waals surface area (Å²) in [5.41, 5.74) is 2.97. The molecule has 25 heavy (non-hydrogen) atoms. The summed E-state index contributed by atoms with van der Waals surface area (Å²) >= 11 is 1.70. The minimum Gasteiger partial charge on any atom is -0.372 e. The van der Waals surface area contributed by atoms with E-state index in [0.717, 1.165) is 29.2 Å². The van der Waals surface area contributed by atoms with E-state index in [-0.39, 0.29) is 6.04 Å². The Morgan fingerprint density at radius 1 is 1.04 bits per heavy atom. The van der Waals surface area contributed by atoms with Crippen molar-refractivity contribution >= 4 is 28.7 Å². The van der Waals surface area contributed by atoms with Gasteiger partial charge in [-0.25, -0.2) is 9.98 Å². The first-order valence-electron chi connectivity index (χ1n) is 8.31. The van der Waals surface area contributed by atoms with Crippen LogP contribution in [0.25, 0.3) is 0 Å². The lowest BCUT2D eigenvalue weighted by molar-refractivity contribution is 0.869. The van der Waals surface area contributed by atoms with Crippen molar-refractivity contribution < 1.29 is 0 Å². The molecule has 1 aliphatic heterocycles. The lowest BCUT2D eigenvalue weighted by Gasteiger charge is -2.15. The van der Waals surface area contributed by atoms with Gasteiger partial charge in [-0.15, -0.1) is 11.3 Å². The number of nitrogens with zero attached hydrogens (tertiary/aromatic N) is 3. The molecule has 4 nitrogen and oxygen atoms in total. The molecular weight excluding hydrogens is 328 g/mol. The van der Waals surface area contributed by atoms with E-state index < -0.39 is 0 Å². The molecule has 3 aromatic rings. The van der Waals surface area contributed by atoms with Gasteiger partial charge < -0.3 is 5.32 Å². The molecule has 0 saturated heterocycles. The number of hydrogen-bond donors (Lipinski definition) is 1. The first kappa shape index (κ1) is 15.7. The molecule has 0 radical (unpaired) electrons. The number of aliphatic imine (C=N–C) groups is 2. The van der Waals surface area contributed by atoms with Gasteiger partial charge in [-0.3, -0.25) is 4.99 Å². The molecule has 5 heteroatoms. The van der Waals surface area contributed by atoms with Crippen LogP contribution in [0, 0.1) is 0 Å². The Hall–Kier alpha value is -2.79. The Morgan fingerprint density at radius 2 is 1.92 bits per heavy atom. The fraction of sp³-hybridized carbons (Fsp3) is 0.150. The summed E-state index contributed by atoms with van der Waals surface area (Å²) < 4.78 is 0. The topological polar surface area (TPSA) is 49.6 Å². The maximum absolute atomic E-state index is 5.12. The lowest BCUT2D eigenvalue weighted by Crippen LogP contribution is -2.28. The van der Waals surface area contributed by atoms with Gasteiger partial charge in [-0.1, -0.05) is 36.4 Å². The SMILES string of the molecule is CCNC1=Nc2ncccc2C(c2ccccc2)=NC1c1cccs1. The molecule has 1 atom stereocenters. The number of fused-ring (bicyclic) bond motifs is 1. The van der Waals surface area contributed by atoms with Crippen LogP contribution in [0.4, 0.5) is 5.82 Å². The van der Waals surface area contributed by atoms with Crippen LogP contribution in [-0.4, -0.2) is 23.1 Å².